The number of nitrogens with one attached hydrogen (secondary N) is 1. The van der Waals surface area contributed by atoms with E-state index in [9.17, 15) is 14.7 Å². The van der Waals surface area contributed by atoms with Crippen molar-refractivity contribution in [3.05, 3.63) is 0 Å². The van der Waals surface area contributed by atoms with Gasteiger partial charge < -0.3 is 30.4 Å². The topological polar surface area (TPSA) is 123 Å². The van der Waals surface area contributed by atoms with Crippen LogP contribution in [0.4, 0.5) is 9.59 Å². The molecule has 13 atom stereocenters. The number of likely N-dealkylation sites (tertiary alicyclic amines) is 1. The van der Waals surface area contributed by atoms with Crippen molar-refractivity contribution in [3.63, 3.8) is 0 Å². The van der Waals surface area contributed by atoms with Gasteiger partial charge in [0.15, 0.2) is 0 Å². The number of aliphatic hydroxyl groups excluding tert-OH is 1. The van der Waals surface area contributed by atoms with Crippen LogP contribution in [0.1, 0.15) is 107 Å². The van der Waals surface area contributed by atoms with Crippen LogP contribution in [0.15, 0.2) is 0 Å². The van der Waals surface area contributed by atoms with Gasteiger partial charge in [0, 0.05) is 23.9 Å². The fraction of sp³-hybridized carbons (Fsp3) is 0.946. The summed E-state index contributed by atoms with van der Waals surface area (Å²) in [6.45, 7) is 21.0. The van der Waals surface area contributed by atoms with Crippen molar-refractivity contribution in [3.8, 4) is 0 Å². The molecule has 5 saturated carbocycles. The highest BCUT2D eigenvalue weighted by Gasteiger charge is 2.84. The maximum Gasteiger partial charge on any atom is 0.407 e. The summed E-state index contributed by atoms with van der Waals surface area (Å²) in [5.74, 6) is 1.60. The van der Waals surface area contributed by atoms with Crippen molar-refractivity contribution in [2.75, 3.05) is 19.6 Å². The predicted octanol–water partition coefficient (Wildman–Crippen LogP) is 5.72. The fourth-order valence-corrected chi connectivity index (χ4v) is 13.8. The first-order valence-corrected chi connectivity index (χ1v) is 18.5. The molecule has 260 valence electrons. The van der Waals surface area contributed by atoms with Gasteiger partial charge in [-0.05, 0) is 104 Å². The molecule has 9 heteroatoms. The average molecular weight is 644 g/mol. The summed E-state index contributed by atoms with van der Waals surface area (Å²) in [5.41, 5.74) is 5.58. The molecule has 2 saturated heterocycles. The van der Waals surface area contributed by atoms with Crippen LogP contribution in [0.25, 0.3) is 0 Å². The predicted molar refractivity (Wildman–Crippen MR) is 175 cm³/mol. The van der Waals surface area contributed by atoms with Crippen LogP contribution in [-0.4, -0.2) is 78.4 Å². The number of alkyl carbamates (subject to hydrolysis) is 1. The van der Waals surface area contributed by atoms with Crippen molar-refractivity contribution in [2.45, 2.75) is 143 Å². The van der Waals surface area contributed by atoms with Gasteiger partial charge in [0.25, 0.3) is 0 Å². The number of ether oxygens (including phenoxy) is 3. The fourth-order valence-electron chi connectivity index (χ4n) is 13.8. The Morgan fingerprint density at radius 1 is 1.04 bits per heavy atom. The normalized spacial score (nSPS) is 49.7. The Hall–Kier alpha value is -1.58. The molecule has 7 fully saturated rings. The maximum atomic E-state index is 13.0. The second-order valence-corrected chi connectivity index (χ2v) is 18.3. The number of likely N-dealkylation sites (N-methyl/N-ethyl adjacent to an activating group) is 1. The van der Waals surface area contributed by atoms with Crippen molar-refractivity contribution in [1.82, 2.24) is 10.2 Å². The number of primary amides is 1. The van der Waals surface area contributed by atoms with E-state index < -0.39 is 18.3 Å². The van der Waals surface area contributed by atoms with E-state index in [1.807, 2.05) is 13.8 Å². The lowest BCUT2D eigenvalue weighted by molar-refractivity contribution is -0.184. The first-order valence-electron chi connectivity index (χ1n) is 18.5. The molecule has 5 aliphatic carbocycles. The van der Waals surface area contributed by atoms with E-state index in [4.69, 9.17) is 19.9 Å². The standard InChI is InChI=1S/C37H61N3O6/c1-9-40-17-22(18-40)39-32(43)45-26-12-13-36-19-37(36)15-14-34(7)27-21(4)16-23(28(20(2)3)46-31(38)42)44-29(27)30(41)35(34,8)25(37)11-10-24(36)33(26,5)6/h20-30,41H,9-19H2,1-8H3,(H2,38,42)(H,39,43)/t21-,23?,24+,25?,26?,27+,28?,29?,30+,34?,35-,36?,37?/m1/s1. The molecule has 2 amide bonds. The Labute approximate surface area is 276 Å². The van der Waals surface area contributed by atoms with Crippen LogP contribution in [0.2, 0.25) is 0 Å². The molecule has 2 heterocycles. The second-order valence-electron chi connectivity index (χ2n) is 18.3. The highest BCUT2D eigenvalue weighted by molar-refractivity contribution is 5.68. The van der Waals surface area contributed by atoms with Gasteiger partial charge in [-0.3, -0.25) is 4.90 Å². The van der Waals surface area contributed by atoms with E-state index in [-0.39, 0.29) is 69.4 Å². The molecule has 2 aliphatic heterocycles. The summed E-state index contributed by atoms with van der Waals surface area (Å²) in [6, 6.07) is 0.195. The van der Waals surface area contributed by atoms with Gasteiger partial charge >= 0.3 is 12.2 Å². The highest BCUT2D eigenvalue weighted by atomic mass is 16.6. The van der Waals surface area contributed by atoms with Crippen LogP contribution in [-0.2, 0) is 14.2 Å². The minimum absolute atomic E-state index is 0.0331. The number of carbonyl (C=O) groups is 2. The van der Waals surface area contributed by atoms with Gasteiger partial charge in [-0.1, -0.05) is 55.4 Å². The zero-order chi connectivity index (χ0) is 33.2. The van der Waals surface area contributed by atoms with Crippen molar-refractivity contribution < 1.29 is 28.9 Å². The minimum Gasteiger partial charge on any atom is -0.446 e. The molecule has 8 unspecified atom stereocenters. The lowest BCUT2D eigenvalue weighted by atomic mass is 9.41. The van der Waals surface area contributed by atoms with Gasteiger partial charge in [-0.25, -0.2) is 9.59 Å². The molecule has 4 N–H and O–H groups in total. The lowest BCUT2D eigenvalue weighted by Gasteiger charge is -2.63. The Bertz CT molecular complexity index is 1240. The number of carbonyl (C=O) groups excluding carboxylic acids is 2. The van der Waals surface area contributed by atoms with E-state index >= 15 is 0 Å². The Kier molecular flexibility index (Phi) is 7.67. The summed E-state index contributed by atoms with van der Waals surface area (Å²) in [6.07, 6.45) is 5.96. The third kappa shape index (κ3) is 4.28. The summed E-state index contributed by atoms with van der Waals surface area (Å²) < 4.78 is 18.7. The molecule has 0 bridgehead atoms. The first-order chi connectivity index (χ1) is 21.6. The molecule has 0 aromatic rings. The number of aliphatic hydroxyl groups is 1. The van der Waals surface area contributed by atoms with E-state index in [1.165, 1.54) is 12.8 Å². The average Bonchev–Trinajstić information content (AvgIpc) is 3.59. The largest absolute Gasteiger partial charge is 0.446 e. The van der Waals surface area contributed by atoms with Gasteiger partial charge in [0.2, 0.25) is 0 Å². The smallest absolute Gasteiger partial charge is 0.407 e. The molecule has 9 nitrogen and oxygen atoms in total. The van der Waals surface area contributed by atoms with Crippen molar-refractivity contribution in [1.29, 1.82) is 0 Å². The van der Waals surface area contributed by atoms with E-state index in [0.717, 1.165) is 58.2 Å². The van der Waals surface area contributed by atoms with E-state index in [2.05, 4.69) is 51.8 Å². The van der Waals surface area contributed by atoms with E-state index in [0.29, 0.717) is 17.8 Å². The Morgan fingerprint density at radius 3 is 2.37 bits per heavy atom. The molecule has 0 radical (unpaired) electrons. The Balaban J connectivity index is 1.11. The minimum atomic E-state index is -0.764. The zero-order valence-corrected chi connectivity index (χ0v) is 29.6. The first kappa shape index (κ1) is 32.9. The van der Waals surface area contributed by atoms with Crippen LogP contribution < -0.4 is 11.1 Å². The second kappa shape index (κ2) is 10.7. The number of hydrogen-bond acceptors (Lipinski definition) is 7. The molecule has 2 spiro atoms. The summed E-state index contributed by atoms with van der Waals surface area (Å²) >= 11 is 0. The number of hydrogen-bond donors (Lipinski definition) is 3. The highest BCUT2D eigenvalue weighted by Crippen LogP contribution is 2.89. The summed E-state index contributed by atoms with van der Waals surface area (Å²) in [7, 11) is 0. The van der Waals surface area contributed by atoms with E-state index in [1.54, 1.807) is 0 Å². The third-order valence-electron chi connectivity index (χ3n) is 16.0. The van der Waals surface area contributed by atoms with Crippen LogP contribution in [0.5, 0.6) is 0 Å². The van der Waals surface area contributed by atoms with Crippen molar-refractivity contribution >= 4 is 12.2 Å². The van der Waals surface area contributed by atoms with Crippen molar-refractivity contribution in [2.24, 2.45) is 62.4 Å². The number of nitrogens with two attached hydrogens (primary N) is 1. The monoisotopic (exact) mass is 643 g/mol. The van der Waals surface area contributed by atoms with Gasteiger partial charge in [0.05, 0.1) is 24.4 Å². The third-order valence-corrected chi connectivity index (χ3v) is 16.0. The Morgan fingerprint density at radius 2 is 1.72 bits per heavy atom. The quantitative estimate of drug-likeness (QED) is 0.338. The number of fused-ring (bicyclic) bond motifs is 4. The molecule has 46 heavy (non-hydrogen) atoms. The maximum absolute atomic E-state index is 13.0. The van der Waals surface area contributed by atoms with Gasteiger partial charge in [0.1, 0.15) is 12.2 Å². The number of amides is 2. The van der Waals surface area contributed by atoms with Crippen LogP contribution >= 0.6 is 0 Å². The molecular formula is C37H61N3O6. The molecule has 0 aromatic heterocycles. The summed E-state index contributed by atoms with van der Waals surface area (Å²) in [4.78, 5) is 27.1. The lowest BCUT2D eigenvalue weighted by Crippen LogP contribution is -2.61. The van der Waals surface area contributed by atoms with Crippen LogP contribution in [0.3, 0.4) is 0 Å². The molecule has 7 aliphatic rings. The molecule has 7 rings (SSSR count). The zero-order valence-electron chi connectivity index (χ0n) is 29.6. The number of rotatable bonds is 6. The SMILES string of the molecule is CCN1CC(NC(=O)OC2CCC34CC35CCC3(C)[C@@H]6C(OC(C(OC(N)=O)C(C)C)C[C@H]6C)[C@H](O)[C@@]3(C)C5CC[C@H]4C2(C)C)C1. The van der Waals surface area contributed by atoms with Gasteiger partial charge in [-0.2, -0.15) is 0 Å². The summed E-state index contributed by atoms with van der Waals surface area (Å²) in [5, 5.41) is 15.6. The van der Waals surface area contributed by atoms with Gasteiger partial charge in [-0.15, -0.1) is 0 Å². The molecule has 0 aromatic carbocycles. The van der Waals surface area contributed by atoms with Crippen LogP contribution in [0, 0.1) is 56.7 Å². The number of nitrogens with zero attached hydrogens (tertiary/aromatic N) is 1. The molecular weight excluding hydrogens is 582 g/mol.